The number of methoxy groups -OCH3 is 1. The fraction of sp³-hybridized carbons (Fsp3) is 0.741. The van der Waals surface area contributed by atoms with Gasteiger partial charge in [0.1, 0.15) is 0 Å². The molecule has 0 radical (unpaired) electrons. The molecule has 2 amide bonds. The third-order valence-corrected chi connectivity index (χ3v) is 8.95. The second-order valence-electron chi connectivity index (χ2n) is 12.6. The van der Waals surface area contributed by atoms with E-state index in [9.17, 15) is 23.8 Å². The number of nitrogens with one attached hydrogen (secondary N) is 2. The molecule has 1 aromatic carbocycles. The number of carbonyl (C=O) groups is 1. The van der Waals surface area contributed by atoms with E-state index in [1.165, 1.54) is 7.11 Å². The van der Waals surface area contributed by atoms with Crippen molar-refractivity contribution in [1.82, 2.24) is 10.6 Å². The molecule has 0 aliphatic heterocycles. The summed E-state index contributed by atoms with van der Waals surface area (Å²) in [5.41, 5.74) is -0.199. The van der Waals surface area contributed by atoms with Gasteiger partial charge in [-0.15, -0.1) is 0 Å². The summed E-state index contributed by atoms with van der Waals surface area (Å²) in [5.74, 6) is -3.79. The molecule has 4 saturated carbocycles. The molecule has 0 heterocycles. The van der Waals surface area contributed by atoms with Crippen molar-refractivity contribution in [3.63, 3.8) is 0 Å². The van der Waals surface area contributed by atoms with Crippen LogP contribution in [0.2, 0.25) is 5.02 Å². The van der Waals surface area contributed by atoms with Crippen molar-refractivity contribution in [3.8, 4) is 0 Å². The molecule has 5 rings (SSSR count). The molecule has 3 unspecified atom stereocenters. The lowest BCUT2D eigenvalue weighted by Gasteiger charge is -2.71. The Morgan fingerprint density at radius 1 is 1.22 bits per heavy atom. The fourth-order valence-corrected chi connectivity index (χ4v) is 6.86. The summed E-state index contributed by atoms with van der Waals surface area (Å²) in [5, 5.41) is 26.8. The topological polar surface area (TPSA) is 90.8 Å². The molecular weight excluding hydrogens is 490 g/mol. The number of carbonyl (C=O) groups excluding carboxylic acids is 1. The van der Waals surface area contributed by atoms with Crippen LogP contribution in [0.25, 0.3) is 0 Å². The molecule has 3 atom stereocenters. The SMILES string of the molecule is COC(O)C12CC(NC(=O)NC3(c4ccc(CCC(C)(C)C)c(Cl)c4)CCC(F)(F)CC3CO)(C1)C2. The number of ether oxygens (including phenoxy) is 1. The van der Waals surface area contributed by atoms with Crippen molar-refractivity contribution in [2.75, 3.05) is 13.7 Å². The molecule has 2 bridgehead atoms. The highest BCUT2D eigenvalue weighted by Crippen LogP contribution is 2.69. The average Bonchev–Trinajstić information content (AvgIpc) is 2.74. The average molecular weight is 529 g/mol. The van der Waals surface area contributed by atoms with Crippen LogP contribution in [-0.4, -0.2) is 47.7 Å². The predicted molar refractivity (Wildman–Crippen MR) is 134 cm³/mol. The zero-order valence-corrected chi connectivity index (χ0v) is 22.4. The van der Waals surface area contributed by atoms with Crippen LogP contribution in [0.3, 0.4) is 0 Å². The van der Waals surface area contributed by atoms with E-state index in [4.69, 9.17) is 16.3 Å². The van der Waals surface area contributed by atoms with Crippen LogP contribution in [-0.2, 0) is 16.7 Å². The second kappa shape index (κ2) is 9.37. The molecule has 0 saturated heterocycles. The van der Waals surface area contributed by atoms with Crippen molar-refractivity contribution in [1.29, 1.82) is 0 Å². The van der Waals surface area contributed by atoms with Crippen molar-refractivity contribution in [3.05, 3.63) is 34.3 Å². The lowest BCUT2D eigenvalue weighted by Crippen LogP contribution is -2.79. The largest absolute Gasteiger partial charge is 0.396 e. The highest BCUT2D eigenvalue weighted by atomic mass is 35.5. The number of urea groups is 1. The van der Waals surface area contributed by atoms with Gasteiger partial charge in [0.05, 0.1) is 5.54 Å². The van der Waals surface area contributed by atoms with Gasteiger partial charge in [-0.3, -0.25) is 0 Å². The molecule has 6 nitrogen and oxygen atoms in total. The van der Waals surface area contributed by atoms with E-state index in [1.807, 2.05) is 12.1 Å². The zero-order chi connectivity index (χ0) is 26.6. The van der Waals surface area contributed by atoms with Gasteiger partial charge < -0.3 is 25.6 Å². The molecule has 36 heavy (non-hydrogen) atoms. The first-order chi connectivity index (χ1) is 16.7. The number of halogens is 3. The number of amides is 2. The van der Waals surface area contributed by atoms with Crippen LogP contribution >= 0.6 is 11.6 Å². The third kappa shape index (κ3) is 5.11. The van der Waals surface area contributed by atoms with Crippen molar-refractivity contribution in [2.45, 2.75) is 95.4 Å². The summed E-state index contributed by atoms with van der Waals surface area (Å²) >= 11 is 6.65. The van der Waals surface area contributed by atoms with Gasteiger partial charge in [-0.05, 0) is 61.1 Å². The minimum atomic E-state index is -2.91. The van der Waals surface area contributed by atoms with Crippen molar-refractivity contribution in [2.24, 2.45) is 16.7 Å². The van der Waals surface area contributed by atoms with E-state index in [2.05, 4.69) is 31.4 Å². The minimum Gasteiger partial charge on any atom is -0.396 e. The van der Waals surface area contributed by atoms with E-state index in [0.717, 1.165) is 18.4 Å². The highest BCUT2D eigenvalue weighted by molar-refractivity contribution is 6.31. The molecule has 9 heteroatoms. The molecule has 202 valence electrons. The van der Waals surface area contributed by atoms with Crippen LogP contribution in [0.5, 0.6) is 0 Å². The summed E-state index contributed by atoms with van der Waals surface area (Å²) in [4.78, 5) is 13.2. The Kier molecular flexibility index (Phi) is 7.17. The van der Waals surface area contributed by atoms with Gasteiger partial charge in [-0.2, -0.15) is 0 Å². The van der Waals surface area contributed by atoms with Gasteiger partial charge in [-0.25, -0.2) is 13.6 Å². The van der Waals surface area contributed by atoms with Crippen LogP contribution in [0.4, 0.5) is 13.6 Å². The number of hydrogen-bond donors (Lipinski definition) is 4. The Morgan fingerprint density at radius 3 is 2.44 bits per heavy atom. The summed E-state index contributed by atoms with van der Waals surface area (Å²) in [6, 6.07) is 5.05. The van der Waals surface area contributed by atoms with Gasteiger partial charge in [0.2, 0.25) is 5.92 Å². The smallest absolute Gasteiger partial charge is 0.315 e. The Labute approximate surface area is 217 Å². The predicted octanol–water partition coefficient (Wildman–Crippen LogP) is 5.13. The molecule has 4 aliphatic rings. The fourth-order valence-electron chi connectivity index (χ4n) is 6.58. The van der Waals surface area contributed by atoms with Gasteiger partial charge in [0.15, 0.2) is 6.29 Å². The number of rotatable bonds is 8. The number of aliphatic hydroxyl groups excluding tert-OH is 2. The molecule has 4 fully saturated rings. The first-order valence-corrected chi connectivity index (χ1v) is 13.1. The van der Waals surface area contributed by atoms with E-state index in [0.29, 0.717) is 29.8 Å². The summed E-state index contributed by atoms with van der Waals surface area (Å²) in [7, 11) is 1.45. The normalized spacial score (nSPS) is 33.8. The van der Waals surface area contributed by atoms with Crippen LogP contribution in [0.15, 0.2) is 18.2 Å². The van der Waals surface area contributed by atoms with E-state index in [-0.39, 0.29) is 17.3 Å². The first-order valence-electron chi connectivity index (χ1n) is 12.8. The molecule has 4 aliphatic carbocycles. The molecule has 4 N–H and O–H groups in total. The van der Waals surface area contributed by atoms with Gasteiger partial charge in [-0.1, -0.05) is 44.5 Å². The summed E-state index contributed by atoms with van der Waals surface area (Å²) in [6.45, 7) is 5.98. The lowest BCUT2D eigenvalue weighted by molar-refractivity contribution is -0.284. The number of aryl methyl sites for hydroxylation is 1. The van der Waals surface area contributed by atoms with Gasteiger partial charge in [0.25, 0.3) is 0 Å². The summed E-state index contributed by atoms with van der Waals surface area (Å²) in [6.07, 6.45) is 1.71. The number of hydrogen-bond acceptors (Lipinski definition) is 4. The van der Waals surface area contributed by atoms with Crippen LogP contribution < -0.4 is 10.6 Å². The zero-order valence-electron chi connectivity index (χ0n) is 21.6. The number of alkyl halides is 2. The Bertz CT molecular complexity index is 979. The third-order valence-electron chi connectivity index (χ3n) is 8.59. The minimum absolute atomic E-state index is 0.0182. The Hall–Kier alpha value is -1.48. The monoisotopic (exact) mass is 528 g/mol. The second-order valence-corrected chi connectivity index (χ2v) is 13.0. The Balaban J connectivity index is 1.56. The van der Waals surface area contributed by atoms with Crippen molar-refractivity contribution < 1.29 is 28.5 Å². The maximum Gasteiger partial charge on any atom is 0.315 e. The maximum atomic E-state index is 14.4. The van der Waals surface area contributed by atoms with E-state index < -0.39 is 54.7 Å². The highest BCUT2D eigenvalue weighted by Gasteiger charge is 2.72. The van der Waals surface area contributed by atoms with E-state index >= 15 is 0 Å². The molecule has 1 aromatic rings. The van der Waals surface area contributed by atoms with Crippen LogP contribution in [0, 0.1) is 16.7 Å². The summed E-state index contributed by atoms with van der Waals surface area (Å²) < 4.78 is 33.8. The quantitative estimate of drug-likeness (QED) is 0.352. The number of benzene rings is 1. The van der Waals surface area contributed by atoms with Crippen molar-refractivity contribution >= 4 is 17.6 Å². The van der Waals surface area contributed by atoms with Crippen LogP contribution in [0.1, 0.15) is 76.8 Å². The van der Waals surface area contributed by atoms with Gasteiger partial charge >= 0.3 is 6.03 Å². The van der Waals surface area contributed by atoms with Gasteiger partial charge in [0, 0.05) is 48.5 Å². The first kappa shape index (κ1) is 27.6. The Morgan fingerprint density at radius 2 is 1.89 bits per heavy atom. The maximum absolute atomic E-state index is 14.4. The lowest BCUT2D eigenvalue weighted by atomic mass is 9.39. The molecular formula is C27H39ClF2N2O4. The number of aliphatic hydroxyl groups is 2. The standard InChI is InChI=1S/C27H39ClF2N2O4/c1-23(2,3)8-7-17-5-6-18(11-20(17)28)27(10-9-26(29,30)12-19(27)13-33)32-22(35)31-25-14-24(15-25,16-25)21(34)36-4/h5-6,11,19,21,33-34H,7-10,12-16H2,1-4H3,(H2,31,32,35). The molecule has 0 aromatic heterocycles. The van der Waals surface area contributed by atoms with E-state index in [1.54, 1.807) is 6.07 Å². The molecule has 0 spiro atoms.